The lowest BCUT2D eigenvalue weighted by molar-refractivity contribution is -0.120. The minimum Gasteiger partial charge on any atom is -0.495 e. The highest BCUT2D eigenvalue weighted by Gasteiger charge is 2.31. The van der Waals surface area contributed by atoms with Crippen LogP contribution in [0.5, 0.6) is 5.75 Å². The highest BCUT2D eigenvalue weighted by molar-refractivity contribution is 6.09. The Bertz CT molecular complexity index is 1810. The van der Waals surface area contributed by atoms with Crippen molar-refractivity contribution in [2.24, 2.45) is 20.0 Å². The van der Waals surface area contributed by atoms with E-state index in [1.165, 1.54) is 11.0 Å². The van der Waals surface area contributed by atoms with Gasteiger partial charge in [-0.1, -0.05) is 0 Å². The van der Waals surface area contributed by atoms with E-state index in [9.17, 15) is 9.59 Å². The molecule has 3 aliphatic rings. The number of nitrogens with zero attached hydrogens (tertiary/aromatic N) is 8. The maximum absolute atomic E-state index is 15.6. The van der Waals surface area contributed by atoms with E-state index in [4.69, 9.17) is 10.5 Å². The number of urea groups is 1. The standard InChI is InChI=1S/C32H39FN10O3/c1-38-19-21(16-35-38)22-13-25(34)29(46-3)15-27(22)42-6-4-20(18-42)17-40-8-10-41(11-9-40)28-14-26-23(12-24(28)33)31(37-39(26)2)43-7-5-30(44)36-32(43)45/h12-16,19-20H,4-11,17-18,34H2,1-3H3,(H,36,44,45)/t20-/m1/s1. The quantitative estimate of drug-likeness (QED) is 0.296. The third-order valence-electron chi connectivity index (χ3n) is 9.43. The molecule has 3 N–H and O–H groups in total. The molecule has 0 spiro atoms. The van der Waals surface area contributed by atoms with Gasteiger partial charge < -0.3 is 20.3 Å². The van der Waals surface area contributed by atoms with Crippen molar-refractivity contribution in [3.05, 3.63) is 42.5 Å². The molecule has 2 aromatic carbocycles. The van der Waals surface area contributed by atoms with Gasteiger partial charge in [0.05, 0.1) is 30.2 Å². The molecule has 0 radical (unpaired) electrons. The molecule has 7 rings (SSSR count). The molecule has 46 heavy (non-hydrogen) atoms. The lowest BCUT2D eigenvalue weighted by Crippen LogP contribution is -2.49. The molecule has 2 aromatic heterocycles. The Morgan fingerprint density at radius 2 is 1.83 bits per heavy atom. The smallest absolute Gasteiger partial charge is 0.329 e. The molecule has 3 amide bonds. The number of fused-ring (bicyclic) bond motifs is 1. The van der Waals surface area contributed by atoms with Gasteiger partial charge in [0.15, 0.2) is 5.82 Å². The van der Waals surface area contributed by atoms with Crippen LogP contribution >= 0.6 is 0 Å². The summed E-state index contributed by atoms with van der Waals surface area (Å²) in [6.45, 7) is 6.15. The zero-order valence-corrected chi connectivity index (χ0v) is 26.4. The SMILES string of the molecule is COc1cc(N2CC[C@H](CN3CCN(c4cc5c(cc4F)c(N4CCC(=O)NC4=O)nn5C)CC3)C2)c(-c2cnn(C)c2)cc1N. The maximum atomic E-state index is 15.6. The van der Waals surface area contributed by atoms with Crippen LogP contribution in [0.4, 0.5) is 32.1 Å². The molecule has 0 aliphatic carbocycles. The Labute approximate surface area is 266 Å². The second-order valence-corrected chi connectivity index (χ2v) is 12.4. The first kappa shape index (κ1) is 29.8. The summed E-state index contributed by atoms with van der Waals surface area (Å²) in [5.41, 5.74) is 11.3. The highest BCUT2D eigenvalue weighted by atomic mass is 19.1. The summed E-state index contributed by atoms with van der Waals surface area (Å²) >= 11 is 0. The van der Waals surface area contributed by atoms with E-state index >= 15 is 4.39 Å². The number of methoxy groups -OCH3 is 1. The number of halogens is 1. The van der Waals surface area contributed by atoms with Gasteiger partial charge in [0, 0.05) is 107 Å². The van der Waals surface area contributed by atoms with Crippen molar-refractivity contribution < 1.29 is 18.7 Å². The molecule has 242 valence electrons. The van der Waals surface area contributed by atoms with E-state index < -0.39 is 6.03 Å². The van der Waals surface area contributed by atoms with Crippen LogP contribution in [0.3, 0.4) is 0 Å². The number of carbonyl (C=O) groups excluding carboxylic acids is 2. The fraction of sp³-hybridized carbons (Fsp3) is 0.438. The number of nitrogens with two attached hydrogens (primary N) is 1. The Kier molecular flexibility index (Phi) is 7.67. The molecule has 14 heteroatoms. The van der Waals surface area contributed by atoms with Gasteiger partial charge in [-0.25, -0.2) is 9.18 Å². The van der Waals surface area contributed by atoms with Crippen molar-refractivity contribution in [3.63, 3.8) is 0 Å². The van der Waals surface area contributed by atoms with E-state index in [0.29, 0.717) is 47.3 Å². The first-order chi connectivity index (χ1) is 22.2. The van der Waals surface area contributed by atoms with Gasteiger partial charge in [0.1, 0.15) is 11.6 Å². The van der Waals surface area contributed by atoms with Crippen molar-refractivity contribution in [1.29, 1.82) is 0 Å². The van der Waals surface area contributed by atoms with Crippen LogP contribution in [-0.2, 0) is 18.9 Å². The number of aromatic nitrogens is 4. The molecular formula is C32H39FN10O3. The summed E-state index contributed by atoms with van der Waals surface area (Å²) in [5, 5.41) is 11.7. The average molecular weight is 631 g/mol. The van der Waals surface area contributed by atoms with Crippen LogP contribution in [0.15, 0.2) is 36.7 Å². The average Bonchev–Trinajstić information content (AvgIpc) is 3.76. The van der Waals surface area contributed by atoms with E-state index in [1.807, 2.05) is 37.6 Å². The van der Waals surface area contributed by atoms with Crippen molar-refractivity contribution in [1.82, 2.24) is 29.8 Å². The fourth-order valence-electron chi connectivity index (χ4n) is 7.01. The van der Waals surface area contributed by atoms with E-state index in [-0.39, 0.29) is 24.7 Å². The number of hydrogen-bond acceptors (Lipinski definition) is 9. The molecule has 3 aliphatic heterocycles. The third kappa shape index (κ3) is 5.46. The fourth-order valence-corrected chi connectivity index (χ4v) is 7.01. The zero-order valence-electron chi connectivity index (χ0n) is 26.4. The molecular weight excluding hydrogens is 591 g/mol. The lowest BCUT2D eigenvalue weighted by Gasteiger charge is -2.37. The van der Waals surface area contributed by atoms with Gasteiger partial charge in [0.25, 0.3) is 0 Å². The maximum Gasteiger partial charge on any atom is 0.329 e. The monoisotopic (exact) mass is 630 g/mol. The molecule has 13 nitrogen and oxygen atoms in total. The van der Waals surface area contributed by atoms with E-state index in [0.717, 1.165) is 61.5 Å². The summed E-state index contributed by atoms with van der Waals surface area (Å²) in [6.07, 6.45) is 5.12. The second-order valence-electron chi connectivity index (χ2n) is 12.4. The van der Waals surface area contributed by atoms with Gasteiger partial charge in [-0.3, -0.25) is 29.3 Å². The van der Waals surface area contributed by atoms with Crippen molar-refractivity contribution in [2.75, 3.05) is 79.9 Å². The zero-order chi connectivity index (χ0) is 32.1. The largest absolute Gasteiger partial charge is 0.495 e. The number of benzene rings is 2. The minimum absolute atomic E-state index is 0.177. The Morgan fingerprint density at radius 3 is 2.54 bits per heavy atom. The molecule has 0 saturated carbocycles. The molecule has 1 atom stereocenters. The number of aryl methyl sites for hydroxylation is 2. The predicted octanol–water partition coefficient (Wildman–Crippen LogP) is 2.80. The van der Waals surface area contributed by atoms with Gasteiger partial charge in [-0.05, 0) is 30.5 Å². The van der Waals surface area contributed by atoms with Crippen LogP contribution in [-0.4, -0.2) is 95.9 Å². The van der Waals surface area contributed by atoms with Gasteiger partial charge in [-0.2, -0.15) is 10.2 Å². The molecule has 3 fully saturated rings. The predicted molar refractivity (Wildman–Crippen MR) is 175 cm³/mol. The number of imide groups is 1. The lowest BCUT2D eigenvalue weighted by atomic mass is 10.0. The van der Waals surface area contributed by atoms with Gasteiger partial charge in [-0.15, -0.1) is 0 Å². The van der Waals surface area contributed by atoms with E-state index in [2.05, 4.69) is 30.2 Å². The van der Waals surface area contributed by atoms with Gasteiger partial charge >= 0.3 is 6.03 Å². The normalized spacial score (nSPS) is 19.4. The topological polar surface area (TPSA) is 130 Å². The Morgan fingerprint density at radius 1 is 1.02 bits per heavy atom. The van der Waals surface area contributed by atoms with Gasteiger partial charge in [0.2, 0.25) is 5.91 Å². The second kappa shape index (κ2) is 11.8. The number of anilines is 4. The van der Waals surface area contributed by atoms with Crippen LogP contribution in [0.2, 0.25) is 0 Å². The number of nitrogens with one attached hydrogen (secondary N) is 1. The van der Waals surface area contributed by atoms with Crippen LogP contribution in [0, 0.1) is 11.7 Å². The summed E-state index contributed by atoms with van der Waals surface area (Å²) in [5.74, 6) is 0.854. The molecule has 0 bridgehead atoms. The number of nitrogen functional groups attached to an aromatic ring is 1. The van der Waals surface area contributed by atoms with Crippen LogP contribution in [0.1, 0.15) is 12.8 Å². The number of piperazine rings is 1. The number of ether oxygens (including phenoxy) is 1. The summed E-state index contributed by atoms with van der Waals surface area (Å²) in [6, 6.07) is 6.76. The van der Waals surface area contributed by atoms with Crippen LogP contribution in [0.25, 0.3) is 22.0 Å². The minimum atomic E-state index is -0.538. The van der Waals surface area contributed by atoms with Crippen molar-refractivity contribution >= 4 is 45.7 Å². The molecule has 3 saturated heterocycles. The molecule has 5 heterocycles. The third-order valence-corrected chi connectivity index (χ3v) is 9.43. The first-order valence-corrected chi connectivity index (χ1v) is 15.6. The summed E-state index contributed by atoms with van der Waals surface area (Å²) in [4.78, 5) is 32.4. The first-order valence-electron chi connectivity index (χ1n) is 15.6. The Hall–Kier alpha value is -4.85. The van der Waals surface area contributed by atoms with Crippen molar-refractivity contribution in [2.45, 2.75) is 12.8 Å². The summed E-state index contributed by atoms with van der Waals surface area (Å²) in [7, 11) is 5.33. The van der Waals surface area contributed by atoms with E-state index in [1.54, 1.807) is 23.5 Å². The number of carbonyl (C=O) groups is 2. The molecule has 0 unspecified atom stereocenters. The highest BCUT2D eigenvalue weighted by Crippen LogP contribution is 2.40. The summed E-state index contributed by atoms with van der Waals surface area (Å²) < 4.78 is 24.6. The van der Waals surface area contributed by atoms with Crippen molar-refractivity contribution in [3.8, 4) is 16.9 Å². The number of hydrogen-bond donors (Lipinski definition) is 2. The number of rotatable bonds is 7. The number of amides is 3. The molecule has 4 aromatic rings. The van der Waals surface area contributed by atoms with Crippen LogP contribution < -0.4 is 30.5 Å². The Balaban J connectivity index is 1.01.